The highest BCUT2D eigenvalue weighted by atomic mass is 32.2. The molecule has 3 aromatic rings. The van der Waals surface area contributed by atoms with E-state index in [-0.39, 0.29) is 10.5 Å². The van der Waals surface area contributed by atoms with Gasteiger partial charge < -0.3 is 0 Å². The van der Waals surface area contributed by atoms with Crippen molar-refractivity contribution in [2.24, 2.45) is 4.40 Å². The van der Waals surface area contributed by atoms with E-state index in [2.05, 4.69) is 4.40 Å². The van der Waals surface area contributed by atoms with E-state index in [1.54, 1.807) is 24.3 Å². The first kappa shape index (κ1) is 17.4. The van der Waals surface area contributed by atoms with Crippen molar-refractivity contribution in [1.82, 2.24) is 0 Å². The van der Waals surface area contributed by atoms with Gasteiger partial charge in [-0.3, -0.25) is 0 Å². The third-order valence-electron chi connectivity index (χ3n) is 3.46. The number of rotatable bonds is 4. The van der Waals surface area contributed by atoms with Gasteiger partial charge in [-0.2, -0.15) is 12.8 Å². The van der Waals surface area contributed by atoms with Crippen LogP contribution in [0.1, 0.15) is 10.4 Å². The van der Waals surface area contributed by atoms with Crippen LogP contribution in [-0.2, 0) is 10.0 Å². The second kappa shape index (κ2) is 6.85. The van der Waals surface area contributed by atoms with Crippen molar-refractivity contribution in [3.63, 3.8) is 0 Å². The zero-order chi connectivity index (χ0) is 18.0. The van der Waals surface area contributed by atoms with Crippen molar-refractivity contribution in [3.8, 4) is 10.4 Å². The summed E-state index contributed by atoms with van der Waals surface area (Å²) in [6.45, 7) is 1.86. The van der Waals surface area contributed by atoms with Gasteiger partial charge in [0.25, 0.3) is 10.0 Å². The summed E-state index contributed by atoms with van der Waals surface area (Å²) in [6, 6.07) is 12.8. The highest BCUT2D eigenvalue weighted by Gasteiger charge is 2.12. The molecule has 0 fully saturated rings. The Labute approximate surface area is 148 Å². The minimum Gasteiger partial charge on any atom is -0.207 e. The van der Waals surface area contributed by atoms with Crippen molar-refractivity contribution >= 4 is 27.6 Å². The average Bonchev–Trinajstić information content (AvgIpc) is 3.04. The first-order valence-electron chi connectivity index (χ1n) is 7.27. The van der Waals surface area contributed by atoms with Gasteiger partial charge in [0.1, 0.15) is 11.6 Å². The number of hydrogen-bond acceptors (Lipinski definition) is 3. The van der Waals surface area contributed by atoms with Gasteiger partial charge in [0.2, 0.25) is 0 Å². The molecule has 3 nitrogen and oxygen atoms in total. The summed E-state index contributed by atoms with van der Waals surface area (Å²) in [5.74, 6) is -1.08. The van der Waals surface area contributed by atoms with Gasteiger partial charge in [0, 0.05) is 15.3 Å². The zero-order valence-corrected chi connectivity index (χ0v) is 14.7. The number of aryl methyl sites for hydroxylation is 1. The van der Waals surface area contributed by atoms with E-state index < -0.39 is 21.7 Å². The summed E-state index contributed by atoms with van der Waals surface area (Å²) >= 11 is 1.13. The molecule has 0 radical (unpaired) electrons. The molecule has 0 saturated carbocycles. The standard InChI is InChI=1S/C18H13F2NO2S2/c1-12-2-6-15(7-3-12)25(22,23)21-11-14-5-9-18(24-14)16-10-13(19)4-8-17(16)20/h2-11H,1H3/b21-11+. The Morgan fingerprint density at radius 3 is 2.44 bits per heavy atom. The van der Waals surface area contributed by atoms with Crippen LogP contribution in [0.25, 0.3) is 10.4 Å². The lowest BCUT2D eigenvalue weighted by Gasteiger charge is -1.99. The van der Waals surface area contributed by atoms with Crippen molar-refractivity contribution in [1.29, 1.82) is 0 Å². The fourth-order valence-corrected chi connectivity index (χ4v) is 3.96. The lowest BCUT2D eigenvalue weighted by Crippen LogP contribution is -1.97. The first-order chi connectivity index (χ1) is 11.8. The van der Waals surface area contributed by atoms with E-state index in [1.807, 2.05) is 6.92 Å². The fraction of sp³-hybridized carbons (Fsp3) is 0.0556. The minimum atomic E-state index is -3.80. The number of nitrogens with zero attached hydrogens (tertiary/aromatic N) is 1. The molecule has 0 aliphatic carbocycles. The van der Waals surface area contributed by atoms with Crippen LogP contribution >= 0.6 is 11.3 Å². The van der Waals surface area contributed by atoms with Crippen molar-refractivity contribution in [2.75, 3.05) is 0 Å². The molecule has 7 heteroatoms. The van der Waals surface area contributed by atoms with Crippen LogP contribution in [0.4, 0.5) is 8.78 Å². The maximum atomic E-state index is 13.8. The van der Waals surface area contributed by atoms with E-state index in [4.69, 9.17) is 0 Å². The molecule has 0 N–H and O–H groups in total. The second-order valence-corrected chi connectivity index (χ2v) is 8.10. The summed E-state index contributed by atoms with van der Waals surface area (Å²) in [6.07, 6.45) is 1.21. The summed E-state index contributed by atoms with van der Waals surface area (Å²) in [7, 11) is -3.80. The predicted octanol–water partition coefficient (Wildman–Crippen LogP) is 4.81. The Bertz CT molecular complexity index is 1040. The Kier molecular flexibility index (Phi) is 4.78. The van der Waals surface area contributed by atoms with Crippen LogP contribution in [0.3, 0.4) is 0 Å². The van der Waals surface area contributed by atoms with Gasteiger partial charge in [-0.15, -0.1) is 11.3 Å². The SMILES string of the molecule is Cc1ccc(S(=O)(=O)/N=C/c2ccc(-c3cc(F)ccc3F)s2)cc1. The van der Waals surface area contributed by atoms with Crippen molar-refractivity contribution in [2.45, 2.75) is 11.8 Å². The second-order valence-electron chi connectivity index (χ2n) is 5.35. The van der Waals surface area contributed by atoms with Crippen LogP contribution in [0, 0.1) is 18.6 Å². The predicted molar refractivity (Wildman–Crippen MR) is 95.6 cm³/mol. The fourth-order valence-electron chi connectivity index (χ4n) is 2.15. The van der Waals surface area contributed by atoms with E-state index in [0.717, 1.165) is 35.1 Å². The van der Waals surface area contributed by atoms with Crippen LogP contribution < -0.4 is 0 Å². The minimum absolute atomic E-state index is 0.0994. The molecule has 0 bridgehead atoms. The quantitative estimate of drug-likeness (QED) is 0.613. The molecule has 0 atom stereocenters. The number of hydrogen-bond donors (Lipinski definition) is 0. The van der Waals surface area contributed by atoms with E-state index >= 15 is 0 Å². The van der Waals surface area contributed by atoms with Crippen molar-refractivity contribution < 1.29 is 17.2 Å². The molecule has 0 unspecified atom stereocenters. The van der Waals surface area contributed by atoms with Gasteiger partial charge in [-0.1, -0.05) is 17.7 Å². The molecule has 0 spiro atoms. The Balaban J connectivity index is 1.87. The van der Waals surface area contributed by atoms with Crippen LogP contribution in [-0.4, -0.2) is 14.6 Å². The maximum Gasteiger partial charge on any atom is 0.282 e. The molecule has 1 aromatic heterocycles. The largest absolute Gasteiger partial charge is 0.282 e. The molecule has 2 aromatic carbocycles. The number of benzene rings is 2. The third kappa shape index (κ3) is 4.00. The van der Waals surface area contributed by atoms with E-state index in [9.17, 15) is 17.2 Å². The van der Waals surface area contributed by atoms with Crippen LogP contribution in [0.2, 0.25) is 0 Å². The molecule has 0 aliphatic heterocycles. The van der Waals surface area contributed by atoms with Gasteiger partial charge in [-0.25, -0.2) is 8.78 Å². The number of thiophene rings is 1. The highest BCUT2D eigenvalue weighted by Crippen LogP contribution is 2.30. The molecular formula is C18H13F2NO2S2. The third-order valence-corrected chi connectivity index (χ3v) is 5.76. The van der Waals surface area contributed by atoms with Gasteiger partial charge in [-0.05, 0) is 49.4 Å². The van der Waals surface area contributed by atoms with Gasteiger partial charge >= 0.3 is 0 Å². The molecule has 0 amide bonds. The molecule has 128 valence electrons. The summed E-state index contributed by atoms with van der Waals surface area (Å²) in [5.41, 5.74) is 1.08. The number of halogens is 2. The monoisotopic (exact) mass is 377 g/mol. The van der Waals surface area contributed by atoms with Crippen LogP contribution in [0.5, 0.6) is 0 Å². The van der Waals surface area contributed by atoms with E-state index in [1.165, 1.54) is 18.3 Å². The van der Waals surface area contributed by atoms with Crippen molar-refractivity contribution in [3.05, 3.63) is 76.7 Å². The molecular weight excluding hydrogens is 364 g/mol. The molecule has 25 heavy (non-hydrogen) atoms. The van der Waals surface area contributed by atoms with Gasteiger partial charge in [0.05, 0.1) is 11.1 Å². The summed E-state index contributed by atoms with van der Waals surface area (Å²) in [4.78, 5) is 1.11. The van der Waals surface area contributed by atoms with Crippen LogP contribution in [0.15, 0.2) is 63.9 Å². The topological polar surface area (TPSA) is 46.5 Å². The summed E-state index contributed by atoms with van der Waals surface area (Å²) in [5, 5.41) is 0. The maximum absolute atomic E-state index is 13.8. The smallest absolute Gasteiger partial charge is 0.207 e. The Morgan fingerprint density at radius 1 is 1.00 bits per heavy atom. The average molecular weight is 377 g/mol. The molecule has 0 aliphatic rings. The zero-order valence-electron chi connectivity index (χ0n) is 13.1. The Hall–Kier alpha value is -2.38. The highest BCUT2D eigenvalue weighted by molar-refractivity contribution is 7.90. The Morgan fingerprint density at radius 2 is 1.72 bits per heavy atom. The molecule has 1 heterocycles. The lowest BCUT2D eigenvalue weighted by molar-refractivity contribution is 0.598. The molecule has 0 saturated heterocycles. The lowest BCUT2D eigenvalue weighted by atomic mass is 10.2. The molecule has 3 rings (SSSR count). The van der Waals surface area contributed by atoms with E-state index in [0.29, 0.717) is 9.75 Å². The number of sulfonamides is 1. The summed E-state index contributed by atoms with van der Waals surface area (Å²) < 4.78 is 55.1. The van der Waals surface area contributed by atoms with Gasteiger partial charge in [0.15, 0.2) is 0 Å². The normalized spacial score (nSPS) is 12.0. The first-order valence-corrected chi connectivity index (χ1v) is 9.53.